The fourth-order valence-electron chi connectivity index (χ4n) is 1.94. The molecule has 0 fully saturated rings. The second-order valence-electron chi connectivity index (χ2n) is 6.06. The average Bonchev–Trinajstić information content (AvgIpc) is 2.51. The molecule has 1 amide bonds. The molecule has 0 unspecified atom stereocenters. The molecule has 1 rings (SSSR count). The number of hydrogen-bond acceptors (Lipinski definition) is 7. The Kier molecular flexibility index (Phi) is 8.32. The zero-order valence-corrected chi connectivity index (χ0v) is 16.8. The number of alkyl carbamates (subject to hydrolysis) is 1. The van der Waals surface area contributed by atoms with Gasteiger partial charge in [0.2, 0.25) is 0 Å². The van der Waals surface area contributed by atoms with Gasteiger partial charge in [-0.2, -0.15) is 5.26 Å². The first kappa shape index (κ1) is 21.4. The molecule has 0 spiro atoms. The molecule has 1 heterocycles. The van der Waals surface area contributed by atoms with Crippen molar-refractivity contribution in [2.24, 2.45) is 0 Å². The van der Waals surface area contributed by atoms with Crippen molar-refractivity contribution in [3.63, 3.8) is 0 Å². The van der Waals surface area contributed by atoms with Gasteiger partial charge in [0.1, 0.15) is 22.3 Å². The van der Waals surface area contributed by atoms with E-state index in [1.807, 2.05) is 13.0 Å². The number of aromatic nitrogens is 2. The van der Waals surface area contributed by atoms with Gasteiger partial charge in [-0.15, -0.1) is 11.8 Å². The SMILES string of the molecule is CCSc1nc(SC)c(C#N)c(=O)n1CCCNC(=O)OC(C)(C)C. The highest BCUT2D eigenvalue weighted by molar-refractivity contribution is 7.99. The van der Waals surface area contributed by atoms with E-state index in [9.17, 15) is 14.9 Å². The number of amides is 1. The third kappa shape index (κ3) is 6.63. The number of nitriles is 1. The molecule has 138 valence electrons. The van der Waals surface area contributed by atoms with Crippen molar-refractivity contribution in [2.75, 3.05) is 18.6 Å². The predicted molar refractivity (Wildman–Crippen MR) is 100 cm³/mol. The minimum atomic E-state index is -0.550. The zero-order chi connectivity index (χ0) is 19.0. The monoisotopic (exact) mass is 384 g/mol. The Bertz CT molecular complexity index is 705. The van der Waals surface area contributed by atoms with E-state index in [2.05, 4.69) is 10.3 Å². The van der Waals surface area contributed by atoms with Crippen LogP contribution in [0, 0.1) is 11.3 Å². The number of thioether (sulfide) groups is 2. The lowest BCUT2D eigenvalue weighted by Crippen LogP contribution is -2.34. The molecular weight excluding hydrogens is 360 g/mol. The molecule has 0 saturated carbocycles. The Balaban J connectivity index is 2.82. The van der Waals surface area contributed by atoms with Crippen LogP contribution in [0.2, 0.25) is 0 Å². The molecule has 0 aliphatic carbocycles. The summed E-state index contributed by atoms with van der Waals surface area (Å²) in [6.45, 7) is 8.09. The first-order valence-electron chi connectivity index (χ1n) is 7.92. The van der Waals surface area contributed by atoms with Gasteiger partial charge in [0.05, 0.1) is 0 Å². The topological polar surface area (TPSA) is 97.0 Å². The van der Waals surface area contributed by atoms with Crippen LogP contribution < -0.4 is 10.9 Å². The Morgan fingerprint density at radius 1 is 1.44 bits per heavy atom. The maximum absolute atomic E-state index is 12.6. The normalized spacial score (nSPS) is 11.0. The molecule has 1 aromatic heterocycles. The predicted octanol–water partition coefficient (Wildman–Crippen LogP) is 2.86. The van der Waals surface area contributed by atoms with Gasteiger partial charge in [0.25, 0.3) is 5.56 Å². The van der Waals surface area contributed by atoms with Gasteiger partial charge in [-0.05, 0) is 39.2 Å². The highest BCUT2D eigenvalue weighted by Gasteiger charge is 2.17. The zero-order valence-electron chi connectivity index (χ0n) is 15.2. The van der Waals surface area contributed by atoms with E-state index in [0.717, 1.165) is 5.75 Å². The lowest BCUT2D eigenvalue weighted by atomic mass is 10.2. The highest BCUT2D eigenvalue weighted by atomic mass is 32.2. The lowest BCUT2D eigenvalue weighted by Gasteiger charge is -2.19. The summed E-state index contributed by atoms with van der Waals surface area (Å²) in [5, 5.41) is 12.9. The molecule has 0 atom stereocenters. The number of hydrogen-bond donors (Lipinski definition) is 1. The second-order valence-corrected chi connectivity index (χ2v) is 8.09. The van der Waals surface area contributed by atoms with Crippen LogP contribution in [0.25, 0.3) is 0 Å². The molecule has 1 aromatic rings. The first-order chi connectivity index (χ1) is 11.7. The van der Waals surface area contributed by atoms with E-state index in [1.54, 1.807) is 27.0 Å². The fraction of sp³-hybridized carbons (Fsp3) is 0.625. The summed E-state index contributed by atoms with van der Waals surface area (Å²) in [4.78, 5) is 28.6. The summed E-state index contributed by atoms with van der Waals surface area (Å²) in [5.74, 6) is 0.766. The molecule has 1 N–H and O–H groups in total. The number of carbonyl (C=O) groups is 1. The Hall–Kier alpha value is -1.66. The maximum atomic E-state index is 12.6. The molecule has 0 aliphatic heterocycles. The van der Waals surface area contributed by atoms with Crippen LogP contribution in [-0.4, -0.2) is 39.8 Å². The second kappa shape index (κ2) is 9.73. The molecular formula is C16H24N4O3S2. The van der Waals surface area contributed by atoms with Crippen LogP contribution in [0.1, 0.15) is 39.7 Å². The fourth-order valence-corrected chi connectivity index (χ4v) is 3.25. The van der Waals surface area contributed by atoms with Gasteiger partial charge < -0.3 is 10.1 Å². The summed E-state index contributed by atoms with van der Waals surface area (Å²) < 4.78 is 6.67. The van der Waals surface area contributed by atoms with Crippen molar-refractivity contribution in [3.8, 4) is 6.07 Å². The van der Waals surface area contributed by atoms with Crippen LogP contribution in [0.3, 0.4) is 0 Å². The van der Waals surface area contributed by atoms with Crippen LogP contribution in [-0.2, 0) is 11.3 Å². The Morgan fingerprint density at radius 3 is 2.64 bits per heavy atom. The summed E-state index contributed by atoms with van der Waals surface area (Å²) in [5.41, 5.74) is -0.825. The van der Waals surface area contributed by atoms with E-state index in [4.69, 9.17) is 4.74 Å². The van der Waals surface area contributed by atoms with Gasteiger partial charge in [-0.1, -0.05) is 18.7 Å². The molecule has 0 bridgehead atoms. The van der Waals surface area contributed by atoms with Gasteiger partial charge in [0, 0.05) is 13.1 Å². The number of carbonyl (C=O) groups excluding carboxylic acids is 1. The smallest absolute Gasteiger partial charge is 0.407 e. The number of ether oxygens (including phenoxy) is 1. The minimum Gasteiger partial charge on any atom is -0.444 e. The summed E-state index contributed by atoms with van der Waals surface area (Å²) >= 11 is 2.74. The van der Waals surface area contributed by atoms with E-state index >= 15 is 0 Å². The molecule has 9 heteroatoms. The van der Waals surface area contributed by atoms with Crippen LogP contribution in [0.4, 0.5) is 4.79 Å². The first-order valence-corrected chi connectivity index (χ1v) is 10.1. The van der Waals surface area contributed by atoms with Crippen molar-refractivity contribution in [1.82, 2.24) is 14.9 Å². The largest absolute Gasteiger partial charge is 0.444 e. The van der Waals surface area contributed by atoms with E-state index in [-0.39, 0.29) is 11.1 Å². The standard InChI is InChI=1S/C16H24N4O3S2/c1-6-25-14-19-12(24-5)11(10-17)13(21)20(14)9-7-8-18-15(22)23-16(2,3)4/h6-9H2,1-5H3,(H,18,22). The van der Waals surface area contributed by atoms with Crippen molar-refractivity contribution in [1.29, 1.82) is 5.26 Å². The number of nitrogens with zero attached hydrogens (tertiary/aromatic N) is 3. The molecule has 25 heavy (non-hydrogen) atoms. The number of nitrogens with one attached hydrogen (secondary N) is 1. The van der Waals surface area contributed by atoms with Gasteiger partial charge in [-0.3, -0.25) is 9.36 Å². The van der Waals surface area contributed by atoms with Gasteiger partial charge >= 0.3 is 6.09 Å². The molecule has 0 radical (unpaired) electrons. The van der Waals surface area contributed by atoms with E-state index in [0.29, 0.717) is 29.7 Å². The summed E-state index contributed by atoms with van der Waals surface area (Å²) in [7, 11) is 0. The summed E-state index contributed by atoms with van der Waals surface area (Å²) in [6, 6.07) is 1.94. The van der Waals surface area contributed by atoms with E-state index < -0.39 is 11.7 Å². The molecule has 0 aliphatic rings. The number of rotatable bonds is 7. The van der Waals surface area contributed by atoms with Crippen molar-refractivity contribution >= 4 is 29.6 Å². The van der Waals surface area contributed by atoms with Gasteiger partial charge in [0.15, 0.2) is 5.16 Å². The lowest BCUT2D eigenvalue weighted by molar-refractivity contribution is 0.0526. The van der Waals surface area contributed by atoms with Crippen molar-refractivity contribution < 1.29 is 9.53 Å². The van der Waals surface area contributed by atoms with Crippen LogP contribution in [0.5, 0.6) is 0 Å². The highest BCUT2D eigenvalue weighted by Crippen LogP contribution is 2.20. The minimum absolute atomic E-state index is 0.0630. The van der Waals surface area contributed by atoms with Crippen LogP contribution in [0.15, 0.2) is 15.0 Å². The quantitative estimate of drug-likeness (QED) is 0.334. The Morgan fingerprint density at radius 2 is 2.12 bits per heavy atom. The van der Waals surface area contributed by atoms with Gasteiger partial charge in [-0.25, -0.2) is 9.78 Å². The van der Waals surface area contributed by atoms with E-state index in [1.165, 1.54) is 28.1 Å². The Labute approximate surface area is 156 Å². The average molecular weight is 385 g/mol. The van der Waals surface area contributed by atoms with Crippen molar-refractivity contribution in [3.05, 3.63) is 15.9 Å². The van der Waals surface area contributed by atoms with Crippen LogP contribution >= 0.6 is 23.5 Å². The molecule has 0 saturated heterocycles. The molecule has 7 nitrogen and oxygen atoms in total. The molecule has 0 aromatic carbocycles. The third-order valence-electron chi connectivity index (χ3n) is 2.91. The van der Waals surface area contributed by atoms with Crippen molar-refractivity contribution in [2.45, 2.75) is 56.4 Å². The summed E-state index contributed by atoms with van der Waals surface area (Å²) in [6.07, 6.45) is 1.83. The maximum Gasteiger partial charge on any atom is 0.407 e. The third-order valence-corrected chi connectivity index (χ3v) is 4.45.